The van der Waals surface area contributed by atoms with Crippen LogP contribution in [0.3, 0.4) is 0 Å². The summed E-state index contributed by atoms with van der Waals surface area (Å²) in [7, 11) is 0. The Morgan fingerprint density at radius 3 is 2.71 bits per heavy atom. The summed E-state index contributed by atoms with van der Waals surface area (Å²) in [6.45, 7) is 7.60. The maximum absolute atomic E-state index is 12.0. The van der Waals surface area contributed by atoms with Gasteiger partial charge in [0.25, 0.3) is 0 Å². The van der Waals surface area contributed by atoms with Gasteiger partial charge >= 0.3 is 0 Å². The molecule has 0 amide bonds. The Bertz CT molecular complexity index is 527. The van der Waals surface area contributed by atoms with Crippen LogP contribution in [0.15, 0.2) is 36.4 Å². The predicted octanol–water partition coefficient (Wildman–Crippen LogP) is 3.86. The number of rotatable bonds is 2. The van der Waals surface area contributed by atoms with Crippen molar-refractivity contribution in [1.29, 1.82) is 0 Å². The summed E-state index contributed by atoms with van der Waals surface area (Å²) >= 11 is 6.06. The van der Waals surface area contributed by atoms with Gasteiger partial charge in [0.1, 0.15) is 5.76 Å². The first kappa shape index (κ1) is 11.9. The zero-order valence-electron chi connectivity index (χ0n) is 9.79. The van der Waals surface area contributed by atoms with E-state index < -0.39 is 0 Å². The first-order valence-corrected chi connectivity index (χ1v) is 5.79. The molecule has 3 heteroatoms. The molecule has 1 aromatic carbocycles. The van der Waals surface area contributed by atoms with Crippen molar-refractivity contribution in [1.82, 2.24) is 0 Å². The van der Waals surface area contributed by atoms with E-state index in [0.717, 1.165) is 5.56 Å². The topological polar surface area (TPSA) is 26.3 Å². The van der Waals surface area contributed by atoms with Gasteiger partial charge in [-0.15, -0.1) is 0 Å². The van der Waals surface area contributed by atoms with Crippen molar-refractivity contribution < 1.29 is 9.53 Å². The zero-order valence-corrected chi connectivity index (χ0v) is 10.5. The van der Waals surface area contributed by atoms with E-state index in [1.165, 1.54) is 0 Å². The maximum Gasteiger partial charge on any atom is 0.194 e. The summed E-state index contributed by atoms with van der Waals surface area (Å²) in [4.78, 5) is 12.0. The van der Waals surface area contributed by atoms with E-state index in [2.05, 4.69) is 6.58 Å². The van der Waals surface area contributed by atoms with Gasteiger partial charge in [-0.05, 0) is 26.0 Å². The van der Waals surface area contributed by atoms with Gasteiger partial charge < -0.3 is 4.74 Å². The molecule has 0 spiro atoms. The lowest BCUT2D eigenvalue weighted by Crippen LogP contribution is -2.14. The molecule has 0 heterocycles. The molecule has 1 aromatic rings. The van der Waals surface area contributed by atoms with E-state index in [1.54, 1.807) is 18.2 Å². The quantitative estimate of drug-likeness (QED) is 0.743. The van der Waals surface area contributed by atoms with E-state index in [1.807, 2.05) is 19.9 Å². The number of benzene rings is 1. The molecule has 0 unspecified atom stereocenters. The van der Waals surface area contributed by atoms with Crippen LogP contribution in [0, 0.1) is 0 Å². The smallest absolute Gasteiger partial charge is 0.194 e. The highest BCUT2D eigenvalue weighted by Crippen LogP contribution is 2.34. The fraction of sp³-hybridized carbons (Fsp3) is 0.214. The van der Waals surface area contributed by atoms with Gasteiger partial charge in [-0.3, -0.25) is 4.79 Å². The van der Waals surface area contributed by atoms with Gasteiger partial charge in [-0.25, -0.2) is 0 Å². The van der Waals surface area contributed by atoms with E-state index in [4.69, 9.17) is 16.3 Å². The minimum atomic E-state index is -0.137. The highest BCUT2D eigenvalue weighted by molar-refractivity contribution is 6.36. The third-order valence-corrected chi connectivity index (χ3v) is 2.78. The van der Waals surface area contributed by atoms with Crippen molar-refractivity contribution in [2.75, 3.05) is 0 Å². The minimum Gasteiger partial charge on any atom is -0.490 e. The Hall–Kier alpha value is -1.54. The molecule has 0 saturated heterocycles. The van der Waals surface area contributed by atoms with Gasteiger partial charge in [0, 0.05) is 11.1 Å². The number of fused-ring (bicyclic) bond motifs is 1. The second-order valence-corrected chi connectivity index (χ2v) is 4.60. The lowest BCUT2D eigenvalue weighted by Gasteiger charge is -2.21. The number of carbonyl (C=O) groups excluding carboxylic acids is 1. The fourth-order valence-electron chi connectivity index (χ4n) is 1.77. The Morgan fingerprint density at radius 1 is 1.35 bits per heavy atom. The normalized spacial score (nSPS) is 14.7. The lowest BCUT2D eigenvalue weighted by atomic mass is 9.92. The Balaban J connectivity index is 2.59. The Kier molecular flexibility index (Phi) is 3.07. The monoisotopic (exact) mass is 248 g/mol. The average molecular weight is 249 g/mol. The summed E-state index contributed by atoms with van der Waals surface area (Å²) in [6.07, 6.45) is 1.70. The molecule has 2 rings (SSSR count). The summed E-state index contributed by atoms with van der Waals surface area (Å²) in [5, 5.41) is 0.437. The third-order valence-electron chi connectivity index (χ3n) is 2.47. The lowest BCUT2D eigenvalue weighted by molar-refractivity contribution is 0.103. The van der Waals surface area contributed by atoms with Crippen molar-refractivity contribution in [3.63, 3.8) is 0 Å². The fourth-order valence-corrected chi connectivity index (χ4v) is 2.03. The highest BCUT2D eigenvalue weighted by Gasteiger charge is 2.25. The molecular formula is C14H13ClO2. The zero-order chi connectivity index (χ0) is 12.6. The van der Waals surface area contributed by atoms with Gasteiger partial charge in [-0.2, -0.15) is 0 Å². The second-order valence-electron chi connectivity index (χ2n) is 4.19. The number of ketones is 1. The number of carbonyl (C=O) groups is 1. The summed E-state index contributed by atoms with van der Waals surface area (Å²) in [6, 6.07) is 5.34. The SMILES string of the molecule is C=C1C=C(OC(C)C)c2cccc(Cl)c2C1=O. The first-order chi connectivity index (χ1) is 8.00. The number of hydrogen-bond donors (Lipinski definition) is 0. The molecule has 1 aliphatic rings. The van der Waals surface area contributed by atoms with Crippen molar-refractivity contribution in [2.24, 2.45) is 0 Å². The van der Waals surface area contributed by atoms with Crippen LogP contribution in [-0.2, 0) is 4.74 Å². The third kappa shape index (κ3) is 2.13. The van der Waals surface area contributed by atoms with Gasteiger partial charge in [-0.1, -0.05) is 30.3 Å². The van der Waals surface area contributed by atoms with Crippen molar-refractivity contribution in [3.8, 4) is 0 Å². The molecule has 88 valence electrons. The van der Waals surface area contributed by atoms with Crippen LogP contribution < -0.4 is 0 Å². The van der Waals surface area contributed by atoms with Crippen LogP contribution in [0.4, 0.5) is 0 Å². The number of hydrogen-bond acceptors (Lipinski definition) is 2. The molecule has 0 saturated carbocycles. The molecule has 0 aromatic heterocycles. The minimum absolute atomic E-state index is 0.0362. The average Bonchev–Trinajstić information content (AvgIpc) is 2.24. The van der Waals surface area contributed by atoms with E-state index in [0.29, 0.717) is 21.9 Å². The first-order valence-electron chi connectivity index (χ1n) is 5.41. The summed E-state index contributed by atoms with van der Waals surface area (Å²) < 4.78 is 5.68. The van der Waals surface area contributed by atoms with Gasteiger partial charge in [0.15, 0.2) is 5.78 Å². The predicted molar refractivity (Wildman–Crippen MR) is 69.1 cm³/mol. The molecule has 0 radical (unpaired) electrons. The molecule has 0 aliphatic heterocycles. The molecule has 0 atom stereocenters. The molecule has 17 heavy (non-hydrogen) atoms. The van der Waals surface area contributed by atoms with Crippen molar-refractivity contribution in [3.05, 3.63) is 52.6 Å². The Labute approximate surface area is 106 Å². The van der Waals surface area contributed by atoms with Crippen LogP contribution in [0.2, 0.25) is 5.02 Å². The van der Waals surface area contributed by atoms with Gasteiger partial charge in [0.05, 0.1) is 16.7 Å². The van der Waals surface area contributed by atoms with Crippen molar-refractivity contribution >= 4 is 23.1 Å². The molecule has 0 bridgehead atoms. The summed E-state index contributed by atoms with van der Waals surface area (Å²) in [5.41, 5.74) is 1.63. The van der Waals surface area contributed by atoms with E-state index >= 15 is 0 Å². The number of allylic oxidation sites excluding steroid dienone is 2. The number of halogens is 1. The molecule has 2 nitrogen and oxygen atoms in total. The summed E-state index contributed by atoms with van der Waals surface area (Å²) in [5.74, 6) is 0.517. The molecule has 0 N–H and O–H groups in total. The van der Waals surface area contributed by atoms with Crippen molar-refractivity contribution in [2.45, 2.75) is 20.0 Å². The number of Topliss-reactive ketones (excluding diaryl/α,β-unsaturated/α-hetero) is 1. The van der Waals surface area contributed by atoms with E-state index in [-0.39, 0.29) is 11.9 Å². The highest BCUT2D eigenvalue weighted by atomic mass is 35.5. The van der Waals surface area contributed by atoms with Gasteiger partial charge in [0.2, 0.25) is 0 Å². The maximum atomic E-state index is 12.0. The van der Waals surface area contributed by atoms with Crippen LogP contribution in [-0.4, -0.2) is 11.9 Å². The second kappa shape index (κ2) is 4.38. The van der Waals surface area contributed by atoms with Crippen LogP contribution in [0.25, 0.3) is 5.76 Å². The van der Waals surface area contributed by atoms with Crippen LogP contribution in [0.5, 0.6) is 0 Å². The molecule has 0 fully saturated rings. The molecule has 1 aliphatic carbocycles. The standard InChI is InChI=1S/C14H13ClO2/c1-8(2)17-12-7-9(3)14(16)13-10(12)5-4-6-11(13)15/h4-8H,3H2,1-2H3. The largest absolute Gasteiger partial charge is 0.490 e. The van der Waals surface area contributed by atoms with E-state index in [9.17, 15) is 4.79 Å². The molecular weight excluding hydrogens is 236 g/mol. The Morgan fingerprint density at radius 2 is 2.06 bits per heavy atom. The number of ether oxygens (including phenoxy) is 1. The van der Waals surface area contributed by atoms with Crippen LogP contribution >= 0.6 is 11.6 Å². The van der Waals surface area contributed by atoms with Crippen LogP contribution in [0.1, 0.15) is 29.8 Å².